The molecule has 1 aliphatic heterocycles. The molecule has 2 heterocycles. The van der Waals surface area contributed by atoms with E-state index < -0.39 is 29.6 Å². The third kappa shape index (κ3) is 5.43. The van der Waals surface area contributed by atoms with Crippen LogP contribution >= 0.6 is 0 Å². The average Bonchev–Trinajstić information content (AvgIpc) is 2.68. The van der Waals surface area contributed by atoms with E-state index in [1.54, 1.807) is 6.92 Å². The van der Waals surface area contributed by atoms with Gasteiger partial charge in [-0.05, 0) is 43.0 Å². The van der Waals surface area contributed by atoms with Crippen molar-refractivity contribution in [3.63, 3.8) is 0 Å². The molecule has 1 N–H and O–H groups in total. The Balaban J connectivity index is 1.95. The maximum Gasteiger partial charge on any atom is 0.417 e. The maximum absolute atomic E-state index is 15.4. The molecule has 1 aromatic carbocycles. The molecule has 0 saturated heterocycles. The lowest BCUT2D eigenvalue weighted by atomic mass is 9.92. The van der Waals surface area contributed by atoms with E-state index in [9.17, 15) is 22.8 Å². The first-order chi connectivity index (χ1) is 15.2. The molecule has 0 radical (unpaired) electrons. The monoisotopic (exact) mass is 467 g/mol. The van der Waals surface area contributed by atoms with Crippen LogP contribution in [-0.2, 0) is 22.3 Å². The van der Waals surface area contributed by atoms with Crippen molar-refractivity contribution < 1.29 is 31.9 Å². The van der Waals surface area contributed by atoms with Crippen molar-refractivity contribution in [1.82, 2.24) is 4.98 Å². The lowest BCUT2D eigenvalue weighted by Crippen LogP contribution is -2.44. The maximum atomic E-state index is 15.4. The van der Waals surface area contributed by atoms with Crippen molar-refractivity contribution in [2.24, 2.45) is 5.41 Å². The fraction of sp³-hybridized carbons (Fsp3) is 0.435. The smallest absolute Gasteiger partial charge is 0.417 e. The summed E-state index contributed by atoms with van der Waals surface area (Å²) >= 11 is 0. The van der Waals surface area contributed by atoms with Gasteiger partial charge in [0.25, 0.3) is 5.91 Å². The van der Waals surface area contributed by atoms with Gasteiger partial charge in [-0.3, -0.25) is 19.5 Å². The molecule has 1 aliphatic rings. The van der Waals surface area contributed by atoms with Crippen molar-refractivity contribution in [1.29, 1.82) is 0 Å². The number of nitrogens with zero attached hydrogens (tertiary/aromatic N) is 2. The number of halogens is 4. The summed E-state index contributed by atoms with van der Waals surface area (Å²) in [5.41, 5.74) is -0.584. The van der Waals surface area contributed by atoms with Crippen molar-refractivity contribution in [2.75, 3.05) is 10.2 Å². The number of ether oxygens (including phenoxy) is 1. The first kappa shape index (κ1) is 24.5. The van der Waals surface area contributed by atoms with Crippen LogP contribution in [0.15, 0.2) is 24.4 Å². The molecule has 33 heavy (non-hydrogen) atoms. The molecule has 0 bridgehead atoms. The number of pyridine rings is 1. The predicted octanol–water partition coefficient (Wildman–Crippen LogP) is 5.24. The molecule has 2 aromatic rings. The molecule has 1 aromatic heterocycles. The van der Waals surface area contributed by atoms with E-state index in [1.807, 2.05) is 20.8 Å². The Labute approximate surface area is 188 Å². The molecule has 1 unspecified atom stereocenters. The van der Waals surface area contributed by atoms with E-state index in [1.165, 1.54) is 24.0 Å². The first-order valence-corrected chi connectivity index (χ1v) is 10.3. The summed E-state index contributed by atoms with van der Waals surface area (Å²) in [5.74, 6) is -1.90. The van der Waals surface area contributed by atoms with Crippen molar-refractivity contribution in [2.45, 2.75) is 59.9 Å². The Hall–Kier alpha value is -3.17. The molecular weight excluding hydrogens is 442 g/mol. The molecule has 2 amide bonds. The minimum atomic E-state index is -4.53. The van der Waals surface area contributed by atoms with E-state index in [4.69, 9.17) is 4.74 Å². The van der Waals surface area contributed by atoms with Gasteiger partial charge in [-0.1, -0.05) is 20.8 Å². The normalized spacial score (nSPS) is 16.3. The Morgan fingerprint density at radius 3 is 2.45 bits per heavy atom. The summed E-state index contributed by atoms with van der Waals surface area (Å²) in [4.78, 5) is 30.1. The van der Waals surface area contributed by atoms with Gasteiger partial charge in [0.05, 0.1) is 29.2 Å². The Morgan fingerprint density at radius 2 is 1.91 bits per heavy atom. The quantitative estimate of drug-likeness (QED) is 0.625. The van der Waals surface area contributed by atoms with Gasteiger partial charge < -0.3 is 10.1 Å². The summed E-state index contributed by atoms with van der Waals surface area (Å²) < 4.78 is 59.3. The molecule has 3 rings (SSSR count). The Bertz CT molecular complexity index is 1080. The summed E-state index contributed by atoms with van der Waals surface area (Å²) in [6.45, 7) is 8.49. The number of alkyl halides is 3. The fourth-order valence-electron chi connectivity index (χ4n) is 3.45. The standard InChI is InChI=1S/C23H25F4N3O3/c1-12-8-16-20(18(24)19(12)29-17(31)9-22(3,4)5)33-13(2)21(32)30(16)11-15-7-6-14(10-28-15)23(25,26)27/h6-8,10,13H,9,11H2,1-5H3,(H,29,31). The van der Waals surface area contributed by atoms with Gasteiger partial charge in [-0.25, -0.2) is 4.39 Å². The number of aromatic nitrogens is 1. The van der Waals surface area contributed by atoms with Gasteiger partial charge in [-0.2, -0.15) is 13.2 Å². The predicted molar refractivity (Wildman–Crippen MR) is 114 cm³/mol. The van der Waals surface area contributed by atoms with Gasteiger partial charge >= 0.3 is 6.18 Å². The lowest BCUT2D eigenvalue weighted by Gasteiger charge is -2.34. The molecule has 0 fully saturated rings. The highest BCUT2D eigenvalue weighted by atomic mass is 19.4. The van der Waals surface area contributed by atoms with Gasteiger partial charge in [-0.15, -0.1) is 0 Å². The highest BCUT2D eigenvalue weighted by molar-refractivity contribution is 6.01. The van der Waals surface area contributed by atoms with Gasteiger partial charge in [0.1, 0.15) is 0 Å². The second-order valence-corrected chi connectivity index (χ2v) is 9.24. The third-order valence-electron chi connectivity index (χ3n) is 5.03. The zero-order valence-electron chi connectivity index (χ0n) is 18.9. The zero-order valence-corrected chi connectivity index (χ0v) is 18.9. The number of hydrogen-bond acceptors (Lipinski definition) is 4. The van der Waals surface area contributed by atoms with Crippen LogP contribution in [0, 0.1) is 18.2 Å². The molecule has 6 nitrogen and oxygen atoms in total. The number of nitrogens with one attached hydrogen (secondary N) is 1. The number of fused-ring (bicyclic) bond motifs is 1. The summed E-state index contributed by atoms with van der Waals surface area (Å²) in [7, 11) is 0. The fourth-order valence-corrected chi connectivity index (χ4v) is 3.45. The second kappa shape index (κ2) is 8.64. The number of aryl methyl sites for hydroxylation is 1. The third-order valence-corrected chi connectivity index (χ3v) is 5.03. The number of carbonyl (C=O) groups is 2. The molecule has 0 spiro atoms. The first-order valence-electron chi connectivity index (χ1n) is 10.3. The van der Waals surface area contributed by atoms with Gasteiger partial charge in [0.2, 0.25) is 5.91 Å². The van der Waals surface area contributed by atoms with Crippen molar-refractivity contribution in [3.8, 4) is 5.75 Å². The molecule has 178 valence electrons. The summed E-state index contributed by atoms with van der Waals surface area (Å²) in [6.07, 6.45) is -4.72. The number of amides is 2. The van der Waals surface area contributed by atoms with Crippen LogP contribution in [0.25, 0.3) is 0 Å². The lowest BCUT2D eigenvalue weighted by molar-refractivity contribution is -0.137. The van der Waals surface area contributed by atoms with Crippen LogP contribution in [0.5, 0.6) is 5.75 Å². The van der Waals surface area contributed by atoms with Crippen LogP contribution in [0.1, 0.15) is 50.9 Å². The van der Waals surface area contributed by atoms with E-state index in [-0.39, 0.29) is 47.1 Å². The second-order valence-electron chi connectivity index (χ2n) is 9.24. The Morgan fingerprint density at radius 1 is 1.24 bits per heavy atom. The number of rotatable bonds is 4. The summed E-state index contributed by atoms with van der Waals surface area (Å²) in [5, 5.41) is 2.58. The molecule has 0 saturated carbocycles. The number of carbonyl (C=O) groups excluding carboxylic acids is 2. The Kier molecular flexibility index (Phi) is 6.41. The molecule has 0 aliphatic carbocycles. The molecular formula is C23H25F4N3O3. The SMILES string of the molecule is Cc1cc2c(c(F)c1NC(=O)CC(C)(C)C)OC(C)C(=O)N2Cc1ccc(C(F)(F)F)cn1. The van der Waals surface area contributed by atoms with E-state index >= 15 is 4.39 Å². The van der Waals surface area contributed by atoms with E-state index in [0.717, 1.165) is 6.07 Å². The van der Waals surface area contributed by atoms with E-state index in [2.05, 4.69) is 10.3 Å². The molecule has 1 atom stereocenters. The van der Waals surface area contributed by atoms with Crippen LogP contribution < -0.4 is 15.0 Å². The largest absolute Gasteiger partial charge is 0.476 e. The van der Waals surface area contributed by atoms with Crippen LogP contribution in [0.4, 0.5) is 28.9 Å². The minimum absolute atomic E-state index is 0.0443. The zero-order chi connectivity index (χ0) is 24.7. The molecule has 10 heteroatoms. The number of anilines is 2. The van der Waals surface area contributed by atoms with Crippen molar-refractivity contribution in [3.05, 3.63) is 47.0 Å². The highest BCUT2D eigenvalue weighted by Crippen LogP contribution is 2.42. The van der Waals surface area contributed by atoms with Crippen molar-refractivity contribution >= 4 is 23.2 Å². The minimum Gasteiger partial charge on any atom is -0.476 e. The van der Waals surface area contributed by atoms with Crippen LogP contribution in [0.2, 0.25) is 0 Å². The van der Waals surface area contributed by atoms with Gasteiger partial charge in [0.15, 0.2) is 17.7 Å². The number of benzene rings is 1. The van der Waals surface area contributed by atoms with E-state index in [0.29, 0.717) is 11.8 Å². The van der Waals surface area contributed by atoms with Crippen LogP contribution in [-0.4, -0.2) is 22.9 Å². The topological polar surface area (TPSA) is 71.5 Å². The summed E-state index contributed by atoms with van der Waals surface area (Å²) in [6, 6.07) is 3.54. The average molecular weight is 467 g/mol. The van der Waals surface area contributed by atoms with Gasteiger partial charge in [0, 0.05) is 12.6 Å². The highest BCUT2D eigenvalue weighted by Gasteiger charge is 2.36. The van der Waals surface area contributed by atoms with Crippen LogP contribution in [0.3, 0.4) is 0 Å². The number of hydrogen-bond donors (Lipinski definition) is 1.